The van der Waals surface area contributed by atoms with Crippen molar-refractivity contribution in [2.45, 2.75) is 0 Å². The van der Waals surface area contributed by atoms with Gasteiger partial charge in [-0.05, 0) is 0 Å². The molecule has 0 saturated heterocycles. The molecule has 3 aromatic carbocycles. The molecule has 0 aliphatic heterocycles. The Bertz CT molecular complexity index is 1070. The van der Waals surface area contributed by atoms with Crippen molar-refractivity contribution < 1.29 is 4.42 Å². The zero-order valence-electron chi connectivity index (χ0n) is 13.3. The molecule has 1 heterocycles. The first-order valence-corrected chi connectivity index (χ1v) is 9.62. The monoisotopic (exact) mass is 393 g/mol. The third kappa shape index (κ3) is 3.66. The summed E-state index contributed by atoms with van der Waals surface area (Å²) in [5.74, 6) is 0. The Morgan fingerprint density at radius 3 is 2.40 bits per heavy atom. The van der Waals surface area contributed by atoms with Gasteiger partial charge < -0.3 is 0 Å². The number of fused-ring (bicyclic) bond motifs is 1. The fraction of sp³-hybridized carbons (Fsp3) is 0. The van der Waals surface area contributed by atoms with Crippen molar-refractivity contribution >= 4 is 46.2 Å². The van der Waals surface area contributed by atoms with Crippen molar-refractivity contribution in [2.75, 3.05) is 5.32 Å². The van der Waals surface area contributed by atoms with E-state index < -0.39 is 0 Å². The summed E-state index contributed by atoms with van der Waals surface area (Å²) in [6.07, 6.45) is 0. The van der Waals surface area contributed by atoms with Crippen LogP contribution < -0.4 is 19.9 Å². The van der Waals surface area contributed by atoms with Crippen molar-refractivity contribution in [1.82, 2.24) is 0 Å². The second kappa shape index (κ2) is 6.98. The van der Waals surface area contributed by atoms with Crippen LogP contribution in [-0.4, -0.2) is 15.0 Å². The average molecular weight is 392 g/mol. The predicted molar refractivity (Wildman–Crippen MR) is 104 cm³/mol. The molecule has 1 N–H and O–H groups in total. The van der Waals surface area contributed by atoms with Crippen molar-refractivity contribution in [3.05, 3.63) is 95.3 Å². The molecule has 25 heavy (non-hydrogen) atoms. The average Bonchev–Trinajstić information content (AvgIpc) is 2.63. The Labute approximate surface area is 151 Å². The molecule has 0 aliphatic rings. The number of nitrogens with one attached hydrogen (secondary N) is 1. The molecule has 1 aromatic heterocycles. The van der Waals surface area contributed by atoms with E-state index in [9.17, 15) is 4.79 Å². The Morgan fingerprint density at radius 1 is 0.760 bits per heavy atom. The number of hydrogen-bond donors (Lipinski definition) is 1. The number of rotatable bonds is 4. The summed E-state index contributed by atoms with van der Waals surface area (Å²) in [6, 6.07) is 27.8. The topological polar surface area (TPSA) is 42.2 Å². The molecule has 0 amide bonds. The van der Waals surface area contributed by atoms with E-state index in [1.165, 1.54) is 15.0 Å². The molecular weight excluding hydrogens is 377 g/mol. The SMILES string of the molecule is O=c1cc(Nc2cccc([Se]c3ccccc3)c2)c2ccccc2o1. The van der Waals surface area contributed by atoms with Crippen molar-refractivity contribution in [3.63, 3.8) is 0 Å². The molecule has 0 aliphatic carbocycles. The van der Waals surface area contributed by atoms with Gasteiger partial charge in [0.25, 0.3) is 0 Å². The molecule has 122 valence electrons. The molecule has 0 saturated carbocycles. The first-order chi connectivity index (χ1) is 12.3. The van der Waals surface area contributed by atoms with E-state index in [4.69, 9.17) is 4.42 Å². The summed E-state index contributed by atoms with van der Waals surface area (Å²) in [5, 5.41) is 4.25. The Kier molecular flexibility index (Phi) is 4.38. The fourth-order valence-electron chi connectivity index (χ4n) is 2.63. The van der Waals surface area contributed by atoms with Crippen LogP contribution in [0.2, 0.25) is 0 Å². The van der Waals surface area contributed by atoms with Crippen molar-refractivity contribution in [1.29, 1.82) is 0 Å². The van der Waals surface area contributed by atoms with Gasteiger partial charge in [-0.1, -0.05) is 0 Å². The van der Waals surface area contributed by atoms with Gasteiger partial charge in [-0.25, -0.2) is 0 Å². The van der Waals surface area contributed by atoms with Crippen LogP contribution in [0.1, 0.15) is 0 Å². The van der Waals surface area contributed by atoms with Crippen LogP contribution in [0, 0.1) is 0 Å². The Balaban J connectivity index is 1.66. The van der Waals surface area contributed by atoms with Gasteiger partial charge in [-0.2, -0.15) is 0 Å². The first kappa shape index (κ1) is 15.7. The maximum atomic E-state index is 11.8. The first-order valence-electron chi connectivity index (χ1n) is 7.91. The van der Waals surface area contributed by atoms with Gasteiger partial charge in [0.15, 0.2) is 0 Å². The van der Waals surface area contributed by atoms with E-state index in [0.717, 1.165) is 16.8 Å². The minimum absolute atomic E-state index is 0.247. The molecule has 4 heteroatoms. The van der Waals surface area contributed by atoms with Gasteiger partial charge >= 0.3 is 151 Å². The summed E-state index contributed by atoms with van der Waals surface area (Å²) in [6.45, 7) is 0. The van der Waals surface area contributed by atoms with E-state index in [-0.39, 0.29) is 20.6 Å². The molecule has 4 aromatic rings. The van der Waals surface area contributed by atoms with Crippen LogP contribution >= 0.6 is 0 Å². The van der Waals surface area contributed by atoms with Gasteiger partial charge in [0.1, 0.15) is 0 Å². The predicted octanol–water partition coefficient (Wildman–Crippen LogP) is 3.19. The third-order valence-electron chi connectivity index (χ3n) is 3.74. The van der Waals surface area contributed by atoms with Crippen molar-refractivity contribution in [2.24, 2.45) is 0 Å². The molecule has 0 unspecified atom stereocenters. The van der Waals surface area contributed by atoms with Gasteiger partial charge in [0.2, 0.25) is 0 Å². The van der Waals surface area contributed by atoms with Crippen LogP contribution in [0.15, 0.2) is 94.1 Å². The molecule has 0 atom stereocenters. The van der Waals surface area contributed by atoms with Crippen molar-refractivity contribution in [3.8, 4) is 0 Å². The molecule has 0 radical (unpaired) electrons. The second-order valence-corrected chi connectivity index (χ2v) is 7.95. The normalized spacial score (nSPS) is 10.7. The summed E-state index contributed by atoms with van der Waals surface area (Å²) in [7, 11) is 0. The molecule has 0 bridgehead atoms. The van der Waals surface area contributed by atoms with E-state index in [2.05, 4.69) is 41.7 Å². The number of benzene rings is 3. The van der Waals surface area contributed by atoms with Gasteiger partial charge in [-0.3, -0.25) is 0 Å². The van der Waals surface area contributed by atoms with Gasteiger partial charge in [0, 0.05) is 0 Å². The standard InChI is InChI=1S/C21H15NO2Se/c23-21-14-19(18-11-4-5-12-20(18)24-21)22-15-7-6-10-17(13-15)25-16-8-2-1-3-9-16/h1-14,22H. The number of hydrogen-bond acceptors (Lipinski definition) is 3. The summed E-state index contributed by atoms with van der Waals surface area (Å²) < 4.78 is 7.86. The number of para-hydroxylation sites is 1. The zero-order chi connectivity index (χ0) is 17.1. The van der Waals surface area contributed by atoms with Gasteiger partial charge in [0.05, 0.1) is 0 Å². The number of anilines is 2. The van der Waals surface area contributed by atoms with E-state index in [1.807, 2.05) is 36.4 Å². The summed E-state index contributed by atoms with van der Waals surface area (Å²) in [5.41, 5.74) is 1.95. The molecule has 0 fully saturated rings. The van der Waals surface area contributed by atoms with Crippen LogP contribution in [0.3, 0.4) is 0 Å². The molecule has 3 nitrogen and oxygen atoms in total. The third-order valence-corrected chi connectivity index (χ3v) is 5.83. The van der Waals surface area contributed by atoms with Crippen LogP contribution in [0.5, 0.6) is 0 Å². The van der Waals surface area contributed by atoms with Gasteiger partial charge in [-0.15, -0.1) is 0 Å². The van der Waals surface area contributed by atoms with E-state index in [1.54, 1.807) is 6.07 Å². The van der Waals surface area contributed by atoms with Crippen LogP contribution in [0.25, 0.3) is 11.0 Å². The second-order valence-electron chi connectivity index (χ2n) is 5.54. The maximum absolute atomic E-state index is 11.8. The Hall–Kier alpha value is -2.81. The Morgan fingerprint density at radius 2 is 1.52 bits per heavy atom. The molecule has 0 spiro atoms. The zero-order valence-corrected chi connectivity index (χ0v) is 15.0. The molecule has 4 rings (SSSR count). The quantitative estimate of drug-likeness (QED) is 0.429. The van der Waals surface area contributed by atoms with Crippen LogP contribution in [0.4, 0.5) is 11.4 Å². The van der Waals surface area contributed by atoms with E-state index >= 15 is 0 Å². The fourth-order valence-corrected chi connectivity index (χ4v) is 4.52. The van der Waals surface area contributed by atoms with Crippen LogP contribution in [-0.2, 0) is 0 Å². The summed E-state index contributed by atoms with van der Waals surface area (Å²) >= 11 is 0.247. The van der Waals surface area contributed by atoms with E-state index in [0.29, 0.717) is 5.58 Å². The molecular formula is C21H15NO2Se. The summed E-state index contributed by atoms with van der Waals surface area (Å²) in [4.78, 5) is 11.8. The minimum atomic E-state index is -0.356.